The Morgan fingerprint density at radius 2 is 2.64 bits per heavy atom. The Balaban J connectivity index is 1.74. The molecule has 0 aromatic carbocycles. The van der Waals surface area contributed by atoms with Crippen LogP contribution in [0.3, 0.4) is 0 Å². The molecule has 4 heteroatoms. The van der Waals surface area contributed by atoms with Gasteiger partial charge in [-0.3, -0.25) is 5.10 Å². The van der Waals surface area contributed by atoms with Crippen molar-refractivity contribution in [2.45, 2.75) is 12.6 Å². The zero-order valence-electron chi connectivity index (χ0n) is 6.21. The van der Waals surface area contributed by atoms with Crippen LogP contribution in [0.25, 0.3) is 0 Å². The van der Waals surface area contributed by atoms with E-state index in [2.05, 4.69) is 15.5 Å². The number of aromatic nitrogens is 2. The van der Waals surface area contributed by atoms with E-state index in [9.17, 15) is 0 Å². The van der Waals surface area contributed by atoms with Gasteiger partial charge in [-0.1, -0.05) is 0 Å². The molecule has 0 bridgehead atoms. The van der Waals surface area contributed by atoms with E-state index >= 15 is 0 Å². The van der Waals surface area contributed by atoms with Gasteiger partial charge in [0.25, 0.3) is 0 Å². The van der Waals surface area contributed by atoms with Gasteiger partial charge in [0.2, 0.25) is 0 Å². The van der Waals surface area contributed by atoms with Crippen LogP contribution in [0, 0.1) is 0 Å². The summed E-state index contributed by atoms with van der Waals surface area (Å²) in [6.07, 6.45) is 1.78. The zero-order valence-corrected chi connectivity index (χ0v) is 7.03. The number of rotatable bonds is 3. The van der Waals surface area contributed by atoms with E-state index in [1.165, 1.54) is 17.2 Å². The molecule has 0 spiro atoms. The molecule has 1 aromatic rings. The van der Waals surface area contributed by atoms with Crippen LogP contribution in [0.15, 0.2) is 12.3 Å². The summed E-state index contributed by atoms with van der Waals surface area (Å²) in [7, 11) is 0. The predicted molar refractivity (Wildman–Crippen MR) is 46.5 cm³/mol. The van der Waals surface area contributed by atoms with Crippen LogP contribution in [0.1, 0.15) is 5.69 Å². The maximum Gasteiger partial charge on any atom is 0.0490 e. The molecule has 0 unspecified atom stereocenters. The van der Waals surface area contributed by atoms with Gasteiger partial charge < -0.3 is 5.32 Å². The summed E-state index contributed by atoms with van der Waals surface area (Å²) >= 11 is 1.99. The highest BCUT2D eigenvalue weighted by molar-refractivity contribution is 8.00. The third-order valence-electron chi connectivity index (χ3n) is 1.78. The van der Waals surface area contributed by atoms with Crippen LogP contribution in [0.4, 0.5) is 0 Å². The summed E-state index contributed by atoms with van der Waals surface area (Å²) in [5.74, 6) is 2.52. The summed E-state index contributed by atoms with van der Waals surface area (Å²) in [4.78, 5) is 0. The molecule has 2 N–H and O–H groups in total. The summed E-state index contributed by atoms with van der Waals surface area (Å²) in [5, 5.41) is 10.2. The fraction of sp³-hybridized carbons (Fsp3) is 0.571. The lowest BCUT2D eigenvalue weighted by molar-refractivity contribution is 0.575. The number of nitrogens with zero attached hydrogens (tertiary/aromatic N) is 1. The van der Waals surface area contributed by atoms with Crippen LogP contribution < -0.4 is 5.32 Å². The molecule has 0 saturated carbocycles. The number of aromatic amines is 1. The quantitative estimate of drug-likeness (QED) is 0.696. The van der Waals surface area contributed by atoms with Crippen LogP contribution in [0.2, 0.25) is 0 Å². The highest BCUT2D eigenvalue weighted by atomic mass is 32.2. The number of thioether (sulfide) groups is 1. The topological polar surface area (TPSA) is 40.7 Å². The molecular formula is C7H11N3S. The van der Waals surface area contributed by atoms with Crippen molar-refractivity contribution in [1.29, 1.82) is 0 Å². The van der Waals surface area contributed by atoms with Crippen LogP contribution in [-0.2, 0) is 6.54 Å². The van der Waals surface area contributed by atoms with Gasteiger partial charge in [-0.2, -0.15) is 16.9 Å². The van der Waals surface area contributed by atoms with Crippen molar-refractivity contribution in [3.05, 3.63) is 18.0 Å². The van der Waals surface area contributed by atoms with Gasteiger partial charge in [0.1, 0.15) is 0 Å². The fourth-order valence-electron chi connectivity index (χ4n) is 0.991. The lowest BCUT2D eigenvalue weighted by atomic mass is 10.3. The van der Waals surface area contributed by atoms with E-state index in [4.69, 9.17) is 0 Å². The average Bonchev–Trinajstić information content (AvgIpc) is 2.36. The SMILES string of the molecule is c1cc(CNC2CSC2)[nH]n1. The summed E-state index contributed by atoms with van der Waals surface area (Å²) in [5.41, 5.74) is 1.17. The molecule has 1 fully saturated rings. The van der Waals surface area contributed by atoms with Gasteiger partial charge in [0, 0.05) is 36.0 Å². The Labute approximate surface area is 70.0 Å². The molecule has 11 heavy (non-hydrogen) atoms. The second-order valence-electron chi connectivity index (χ2n) is 2.70. The second-order valence-corrected chi connectivity index (χ2v) is 3.77. The van der Waals surface area contributed by atoms with Crippen molar-refractivity contribution in [2.75, 3.05) is 11.5 Å². The minimum Gasteiger partial charge on any atom is -0.307 e. The molecule has 2 heterocycles. The Bertz CT molecular complexity index is 205. The first-order valence-electron chi connectivity index (χ1n) is 3.74. The minimum absolute atomic E-state index is 0.725. The van der Waals surface area contributed by atoms with E-state index in [1.54, 1.807) is 6.20 Å². The van der Waals surface area contributed by atoms with Crippen molar-refractivity contribution in [3.8, 4) is 0 Å². The molecule has 1 aliphatic heterocycles. The lowest BCUT2D eigenvalue weighted by Gasteiger charge is -2.25. The Kier molecular flexibility index (Phi) is 2.14. The Morgan fingerprint density at radius 1 is 1.73 bits per heavy atom. The number of nitrogens with one attached hydrogen (secondary N) is 2. The third kappa shape index (κ3) is 1.75. The molecule has 0 aliphatic carbocycles. The number of hydrogen-bond donors (Lipinski definition) is 2. The van der Waals surface area contributed by atoms with Gasteiger partial charge in [0.05, 0.1) is 0 Å². The molecule has 2 rings (SSSR count). The van der Waals surface area contributed by atoms with Gasteiger partial charge >= 0.3 is 0 Å². The van der Waals surface area contributed by atoms with Crippen molar-refractivity contribution in [3.63, 3.8) is 0 Å². The first kappa shape index (κ1) is 7.18. The maximum atomic E-state index is 3.87. The second kappa shape index (κ2) is 3.28. The number of H-pyrrole nitrogens is 1. The van der Waals surface area contributed by atoms with Crippen molar-refractivity contribution >= 4 is 11.8 Å². The largest absolute Gasteiger partial charge is 0.307 e. The molecule has 3 nitrogen and oxygen atoms in total. The molecule has 0 atom stereocenters. The Hall–Kier alpha value is -0.480. The normalized spacial score (nSPS) is 18.2. The van der Waals surface area contributed by atoms with Gasteiger partial charge in [-0.15, -0.1) is 0 Å². The van der Waals surface area contributed by atoms with Gasteiger partial charge in [-0.25, -0.2) is 0 Å². The fourth-order valence-corrected chi connectivity index (χ4v) is 1.70. The van der Waals surface area contributed by atoms with Gasteiger partial charge in [-0.05, 0) is 6.07 Å². The Morgan fingerprint density at radius 3 is 3.18 bits per heavy atom. The zero-order chi connectivity index (χ0) is 7.52. The minimum atomic E-state index is 0.725. The summed E-state index contributed by atoms with van der Waals surface area (Å²) < 4.78 is 0. The van der Waals surface area contributed by atoms with E-state index in [0.29, 0.717) is 0 Å². The predicted octanol–water partition coefficient (Wildman–Crippen LogP) is 0.615. The van der Waals surface area contributed by atoms with E-state index in [-0.39, 0.29) is 0 Å². The van der Waals surface area contributed by atoms with E-state index in [0.717, 1.165) is 12.6 Å². The van der Waals surface area contributed by atoms with Crippen molar-refractivity contribution < 1.29 is 0 Å². The maximum absolute atomic E-state index is 3.87. The molecule has 1 saturated heterocycles. The smallest absolute Gasteiger partial charge is 0.0490 e. The standard InChI is InChI=1S/C7H11N3S/c1-2-9-10-6(1)3-8-7-4-11-5-7/h1-2,7-8H,3-5H2,(H,9,10). The molecule has 0 radical (unpaired) electrons. The van der Waals surface area contributed by atoms with Crippen molar-refractivity contribution in [2.24, 2.45) is 0 Å². The summed E-state index contributed by atoms with van der Waals surface area (Å²) in [6.45, 7) is 0.922. The van der Waals surface area contributed by atoms with Crippen LogP contribution >= 0.6 is 11.8 Å². The number of hydrogen-bond acceptors (Lipinski definition) is 3. The molecule has 60 valence electrons. The van der Waals surface area contributed by atoms with E-state index < -0.39 is 0 Å². The highest BCUT2D eigenvalue weighted by Gasteiger charge is 2.16. The first-order chi connectivity index (χ1) is 5.45. The van der Waals surface area contributed by atoms with Crippen LogP contribution in [0.5, 0.6) is 0 Å². The average molecular weight is 169 g/mol. The molecule has 1 aliphatic rings. The lowest BCUT2D eigenvalue weighted by Crippen LogP contribution is -2.39. The first-order valence-corrected chi connectivity index (χ1v) is 4.90. The van der Waals surface area contributed by atoms with Crippen molar-refractivity contribution in [1.82, 2.24) is 15.5 Å². The van der Waals surface area contributed by atoms with Crippen LogP contribution in [-0.4, -0.2) is 27.7 Å². The third-order valence-corrected chi connectivity index (χ3v) is 3.05. The molecular weight excluding hydrogens is 158 g/mol. The molecule has 1 aromatic heterocycles. The summed E-state index contributed by atoms with van der Waals surface area (Å²) in [6, 6.07) is 2.72. The monoisotopic (exact) mass is 169 g/mol. The van der Waals surface area contributed by atoms with Gasteiger partial charge in [0.15, 0.2) is 0 Å². The highest BCUT2D eigenvalue weighted by Crippen LogP contribution is 2.17. The van der Waals surface area contributed by atoms with E-state index in [1.807, 2.05) is 17.8 Å². The molecule has 0 amide bonds.